The Balaban J connectivity index is 3.41. The van der Waals surface area contributed by atoms with E-state index in [2.05, 4.69) is 14.5 Å². The van der Waals surface area contributed by atoms with Gasteiger partial charge in [0.1, 0.15) is 11.4 Å². The monoisotopic (exact) mass is 346 g/mol. The fraction of sp³-hybridized carbons (Fsp3) is 0.500. The van der Waals surface area contributed by atoms with Crippen LogP contribution in [0, 0.1) is 0 Å². The number of rotatable bonds is 5. The highest BCUT2D eigenvalue weighted by molar-refractivity contribution is 5.74. The first kappa shape index (κ1) is 19.0. The third kappa shape index (κ3) is 5.58. The van der Waals surface area contributed by atoms with Gasteiger partial charge in [-0.1, -0.05) is 0 Å². The average Bonchev–Trinajstić information content (AvgIpc) is 2.37. The Hall–Kier alpha value is -2.04. The van der Waals surface area contributed by atoms with Crippen molar-refractivity contribution < 1.29 is 40.6 Å². The maximum atomic E-state index is 12.7. The molecule has 23 heavy (non-hydrogen) atoms. The number of hydrogen-bond acceptors (Lipinski definition) is 5. The zero-order chi connectivity index (χ0) is 17.8. The molecular weight excluding hydrogens is 334 g/mol. The molecule has 0 unspecified atom stereocenters. The first-order valence-corrected chi connectivity index (χ1v) is 6.19. The summed E-state index contributed by atoms with van der Waals surface area (Å²) in [6, 6.07) is 0.0706. The van der Waals surface area contributed by atoms with Crippen molar-refractivity contribution in [3.05, 3.63) is 23.0 Å². The fourth-order valence-corrected chi connectivity index (χ4v) is 1.67. The van der Waals surface area contributed by atoms with Crippen LogP contribution in [0.15, 0.2) is 6.07 Å². The molecule has 0 radical (unpaired) electrons. The van der Waals surface area contributed by atoms with Gasteiger partial charge in [-0.3, -0.25) is 4.79 Å². The van der Waals surface area contributed by atoms with Crippen LogP contribution in [-0.4, -0.2) is 23.9 Å². The second kappa shape index (κ2) is 7.02. The zero-order valence-corrected chi connectivity index (χ0v) is 11.7. The van der Waals surface area contributed by atoms with E-state index in [1.807, 2.05) is 0 Å². The predicted octanol–water partition coefficient (Wildman–Crippen LogP) is 2.56. The molecule has 2 N–H and O–H groups in total. The van der Waals surface area contributed by atoms with Gasteiger partial charge in [-0.15, -0.1) is 13.2 Å². The van der Waals surface area contributed by atoms with Gasteiger partial charge in [0, 0.05) is 18.2 Å². The number of carbonyl (C=O) groups is 1. The van der Waals surface area contributed by atoms with E-state index in [0.717, 1.165) is 0 Å². The summed E-state index contributed by atoms with van der Waals surface area (Å²) in [6.07, 6.45) is -11.0. The number of nitrogens with zero attached hydrogens (tertiary/aromatic N) is 1. The molecule has 0 saturated carbocycles. The topological polar surface area (TPSA) is 74.4 Å². The molecule has 0 aliphatic heterocycles. The second-order valence-corrected chi connectivity index (χ2v) is 4.16. The summed E-state index contributed by atoms with van der Waals surface area (Å²) in [5, 5.41) is 0. The molecule has 0 saturated heterocycles. The maximum Gasteiger partial charge on any atom is 0.573 e. The highest BCUT2D eigenvalue weighted by Crippen LogP contribution is 2.35. The minimum absolute atomic E-state index is 0.0552. The molecule has 0 aliphatic rings. The van der Waals surface area contributed by atoms with Gasteiger partial charge in [0.2, 0.25) is 0 Å². The minimum Gasteiger partial charge on any atom is -0.466 e. The summed E-state index contributed by atoms with van der Waals surface area (Å²) in [5.74, 6) is -2.14. The predicted molar refractivity (Wildman–Crippen MR) is 64.2 cm³/mol. The minimum atomic E-state index is -5.25. The van der Waals surface area contributed by atoms with Crippen LogP contribution in [0.3, 0.4) is 0 Å². The number of esters is 1. The summed E-state index contributed by atoms with van der Waals surface area (Å²) >= 11 is 0. The molecule has 1 heterocycles. The highest BCUT2D eigenvalue weighted by atomic mass is 19.4. The molecule has 5 nitrogen and oxygen atoms in total. The summed E-state index contributed by atoms with van der Waals surface area (Å²) in [5.41, 5.74) is 2.58. The van der Waals surface area contributed by atoms with Crippen molar-refractivity contribution in [1.82, 2.24) is 4.98 Å². The highest BCUT2D eigenvalue weighted by Gasteiger charge is 2.38. The standard InChI is InChI=1S/C12H12F6N2O3/c1-2-22-10(21)3-6-7(5-19)20-9(11(13,14)15)4-8(6)23-12(16,17)18/h4H,2-3,5,19H2,1H3. The van der Waals surface area contributed by atoms with Gasteiger partial charge in [-0.2, -0.15) is 13.2 Å². The van der Waals surface area contributed by atoms with Crippen LogP contribution in [0.2, 0.25) is 0 Å². The molecule has 1 rings (SSSR count). The third-order valence-electron chi connectivity index (χ3n) is 2.50. The Bertz CT molecular complexity index is 571. The van der Waals surface area contributed by atoms with Crippen LogP contribution in [0.5, 0.6) is 5.75 Å². The van der Waals surface area contributed by atoms with Crippen LogP contribution in [0.1, 0.15) is 23.9 Å². The SMILES string of the molecule is CCOC(=O)Cc1c(OC(F)(F)F)cc(C(F)(F)F)nc1CN. The molecule has 0 aliphatic carbocycles. The van der Waals surface area contributed by atoms with E-state index in [1.54, 1.807) is 0 Å². The van der Waals surface area contributed by atoms with E-state index in [-0.39, 0.29) is 12.7 Å². The van der Waals surface area contributed by atoms with Gasteiger partial charge in [-0.25, -0.2) is 4.98 Å². The smallest absolute Gasteiger partial charge is 0.466 e. The zero-order valence-electron chi connectivity index (χ0n) is 11.7. The van der Waals surface area contributed by atoms with Crippen molar-refractivity contribution >= 4 is 5.97 Å². The Morgan fingerprint density at radius 3 is 2.30 bits per heavy atom. The largest absolute Gasteiger partial charge is 0.573 e. The molecule has 0 bridgehead atoms. The van der Waals surface area contributed by atoms with Crippen LogP contribution < -0.4 is 10.5 Å². The van der Waals surface area contributed by atoms with Crippen LogP contribution in [0.4, 0.5) is 26.3 Å². The number of carbonyl (C=O) groups excluding carboxylic acids is 1. The number of alkyl halides is 6. The van der Waals surface area contributed by atoms with E-state index < -0.39 is 54.2 Å². The Morgan fingerprint density at radius 1 is 1.26 bits per heavy atom. The molecule has 130 valence electrons. The quantitative estimate of drug-likeness (QED) is 0.655. The van der Waals surface area contributed by atoms with Crippen LogP contribution in [0.25, 0.3) is 0 Å². The number of pyridine rings is 1. The lowest BCUT2D eigenvalue weighted by Gasteiger charge is -2.18. The molecule has 0 atom stereocenters. The molecule has 0 fully saturated rings. The van der Waals surface area contributed by atoms with E-state index >= 15 is 0 Å². The molecule has 1 aromatic heterocycles. The van der Waals surface area contributed by atoms with Gasteiger partial charge in [0.15, 0.2) is 0 Å². The molecule has 0 spiro atoms. The third-order valence-corrected chi connectivity index (χ3v) is 2.50. The van der Waals surface area contributed by atoms with Crippen molar-refractivity contribution in [2.45, 2.75) is 32.4 Å². The van der Waals surface area contributed by atoms with Crippen molar-refractivity contribution in [2.75, 3.05) is 6.61 Å². The molecule has 11 heteroatoms. The number of hydrogen-bond donors (Lipinski definition) is 1. The number of ether oxygens (including phenoxy) is 2. The lowest BCUT2D eigenvalue weighted by molar-refractivity contribution is -0.275. The normalized spacial score (nSPS) is 12.2. The molecule has 0 aromatic carbocycles. The Labute approximate surface area is 126 Å². The van der Waals surface area contributed by atoms with Crippen LogP contribution >= 0.6 is 0 Å². The summed E-state index contributed by atoms with van der Waals surface area (Å²) < 4.78 is 83.4. The molecular formula is C12H12F6N2O3. The van der Waals surface area contributed by atoms with E-state index in [9.17, 15) is 31.1 Å². The van der Waals surface area contributed by atoms with Gasteiger partial charge < -0.3 is 15.2 Å². The summed E-state index contributed by atoms with van der Waals surface area (Å²) in [6.45, 7) is 0.785. The first-order valence-electron chi connectivity index (χ1n) is 6.19. The van der Waals surface area contributed by atoms with Crippen molar-refractivity contribution in [1.29, 1.82) is 0 Å². The number of nitrogens with two attached hydrogens (primary N) is 1. The molecule has 0 amide bonds. The second-order valence-electron chi connectivity index (χ2n) is 4.16. The number of halogens is 6. The summed E-state index contributed by atoms with van der Waals surface area (Å²) in [7, 11) is 0. The van der Waals surface area contributed by atoms with Gasteiger partial charge in [0.25, 0.3) is 0 Å². The molecule has 1 aromatic rings. The van der Waals surface area contributed by atoms with Gasteiger partial charge in [0.05, 0.1) is 18.7 Å². The lowest BCUT2D eigenvalue weighted by Crippen LogP contribution is -2.22. The fourth-order valence-electron chi connectivity index (χ4n) is 1.67. The van der Waals surface area contributed by atoms with Crippen molar-refractivity contribution in [3.63, 3.8) is 0 Å². The first-order chi connectivity index (χ1) is 10.5. The van der Waals surface area contributed by atoms with Gasteiger partial charge >= 0.3 is 18.5 Å². The number of aromatic nitrogens is 1. The van der Waals surface area contributed by atoms with E-state index in [0.29, 0.717) is 0 Å². The van der Waals surface area contributed by atoms with Crippen molar-refractivity contribution in [2.24, 2.45) is 5.73 Å². The maximum absolute atomic E-state index is 12.7. The lowest BCUT2D eigenvalue weighted by atomic mass is 10.1. The van der Waals surface area contributed by atoms with Gasteiger partial charge in [-0.05, 0) is 6.92 Å². The summed E-state index contributed by atoms with van der Waals surface area (Å²) in [4.78, 5) is 14.6. The van der Waals surface area contributed by atoms with Crippen molar-refractivity contribution in [3.8, 4) is 5.75 Å². The average molecular weight is 346 g/mol. The van der Waals surface area contributed by atoms with E-state index in [1.165, 1.54) is 6.92 Å². The van der Waals surface area contributed by atoms with E-state index in [4.69, 9.17) is 5.73 Å². The Kier molecular flexibility index (Phi) is 5.81. The van der Waals surface area contributed by atoms with Crippen LogP contribution in [-0.2, 0) is 28.7 Å². The Morgan fingerprint density at radius 2 is 1.87 bits per heavy atom.